The summed E-state index contributed by atoms with van der Waals surface area (Å²) in [7, 11) is 0. The predicted octanol–water partition coefficient (Wildman–Crippen LogP) is 3.64. The Kier molecular flexibility index (Phi) is 6.44. The van der Waals surface area contributed by atoms with Gasteiger partial charge >= 0.3 is 0 Å². The number of carbonyl (C=O) groups is 1. The number of thioether (sulfide) groups is 1. The minimum absolute atomic E-state index is 0.00949. The van der Waals surface area contributed by atoms with Crippen LogP contribution in [0.3, 0.4) is 0 Å². The Bertz CT molecular complexity index is 717. The Morgan fingerprint density at radius 3 is 2.75 bits per heavy atom. The Morgan fingerprint density at radius 1 is 1.42 bits per heavy atom. The van der Waals surface area contributed by atoms with Crippen molar-refractivity contribution < 1.29 is 4.79 Å². The molecule has 1 amide bonds. The third-order valence-corrected chi connectivity index (χ3v) is 4.81. The average molecular weight is 342 g/mol. The maximum Gasteiger partial charge on any atom is 0.240 e. The molecule has 2 aromatic rings. The molecule has 1 heterocycles. The van der Waals surface area contributed by atoms with Crippen LogP contribution < -0.4 is 4.90 Å². The molecule has 0 saturated heterocycles. The standard InChI is InChI=1S/C18H22N4OS/c1-4-21-13-11-20-18(21)24-15(3)17(23)22(12-5-10-19)16-8-6-14(2)7-9-16/h6-9,11,13,15H,4-5,12H2,1-3H3. The highest BCUT2D eigenvalue weighted by Gasteiger charge is 2.24. The molecule has 0 aliphatic rings. The summed E-state index contributed by atoms with van der Waals surface area (Å²) in [5.41, 5.74) is 1.96. The van der Waals surface area contributed by atoms with Crippen LogP contribution in [-0.2, 0) is 11.3 Å². The van der Waals surface area contributed by atoms with Crippen molar-refractivity contribution in [3.8, 4) is 6.07 Å². The van der Waals surface area contributed by atoms with Crippen molar-refractivity contribution in [2.24, 2.45) is 0 Å². The van der Waals surface area contributed by atoms with Crippen molar-refractivity contribution in [1.29, 1.82) is 5.26 Å². The van der Waals surface area contributed by atoms with E-state index in [0.717, 1.165) is 23.0 Å². The number of aromatic nitrogens is 2. The number of anilines is 1. The van der Waals surface area contributed by atoms with Gasteiger partial charge in [0.2, 0.25) is 5.91 Å². The minimum Gasteiger partial charge on any atom is -0.326 e. The lowest BCUT2D eigenvalue weighted by atomic mass is 10.2. The molecule has 1 atom stereocenters. The van der Waals surface area contributed by atoms with Gasteiger partial charge in [-0.05, 0) is 32.9 Å². The van der Waals surface area contributed by atoms with Gasteiger partial charge in [0.05, 0.1) is 17.7 Å². The molecule has 1 aromatic carbocycles. The number of hydrogen-bond acceptors (Lipinski definition) is 4. The SMILES string of the molecule is CCn1ccnc1SC(C)C(=O)N(CCC#N)c1ccc(C)cc1. The van der Waals surface area contributed by atoms with Gasteiger partial charge in [-0.2, -0.15) is 5.26 Å². The van der Waals surface area contributed by atoms with E-state index in [-0.39, 0.29) is 11.2 Å². The lowest BCUT2D eigenvalue weighted by Crippen LogP contribution is -2.37. The van der Waals surface area contributed by atoms with Gasteiger partial charge in [0.15, 0.2) is 5.16 Å². The topological polar surface area (TPSA) is 61.9 Å². The van der Waals surface area contributed by atoms with Crippen LogP contribution in [0.15, 0.2) is 41.8 Å². The number of hydrogen-bond donors (Lipinski definition) is 0. The summed E-state index contributed by atoms with van der Waals surface area (Å²) in [6.45, 7) is 7.15. The molecule has 0 N–H and O–H groups in total. The van der Waals surface area contributed by atoms with Gasteiger partial charge in [-0.25, -0.2) is 4.98 Å². The van der Waals surface area contributed by atoms with E-state index in [1.54, 1.807) is 11.1 Å². The van der Waals surface area contributed by atoms with Crippen LogP contribution >= 0.6 is 11.8 Å². The van der Waals surface area contributed by atoms with Crippen LogP contribution in [0.2, 0.25) is 0 Å². The largest absolute Gasteiger partial charge is 0.326 e. The number of benzene rings is 1. The predicted molar refractivity (Wildman–Crippen MR) is 97.0 cm³/mol. The first-order chi connectivity index (χ1) is 11.6. The molecule has 0 saturated carbocycles. The quantitative estimate of drug-likeness (QED) is 0.721. The van der Waals surface area contributed by atoms with Crippen molar-refractivity contribution in [2.45, 2.75) is 44.1 Å². The second-order valence-electron chi connectivity index (χ2n) is 5.49. The van der Waals surface area contributed by atoms with Crippen LogP contribution in [0.5, 0.6) is 0 Å². The lowest BCUT2D eigenvalue weighted by molar-refractivity contribution is -0.117. The van der Waals surface area contributed by atoms with E-state index < -0.39 is 0 Å². The first kappa shape index (κ1) is 18.1. The second kappa shape index (κ2) is 8.55. The highest BCUT2D eigenvalue weighted by molar-refractivity contribution is 8.00. The first-order valence-electron chi connectivity index (χ1n) is 7.99. The van der Waals surface area contributed by atoms with Crippen LogP contribution in [0.1, 0.15) is 25.8 Å². The number of amides is 1. The van der Waals surface area contributed by atoms with Gasteiger partial charge in [-0.3, -0.25) is 4.79 Å². The molecule has 0 fully saturated rings. The molecule has 0 bridgehead atoms. The van der Waals surface area contributed by atoms with Gasteiger partial charge < -0.3 is 9.47 Å². The summed E-state index contributed by atoms with van der Waals surface area (Å²) in [6, 6.07) is 9.92. The molecule has 1 unspecified atom stereocenters. The maximum absolute atomic E-state index is 12.9. The number of carbonyl (C=O) groups excluding carboxylic acids is 1. The van der Waals surface area contributed by atoms with Gasteiger partial charge in [0, 0.05) is 31.2 Å². The van der Waals surface area contributed by atoms with Crippen molar-refractivity contribution in [3.63, 3.8) is 0 Å². The fourth-order valence-electron chi connectivity index (χ4n) is 2.34. The zero-order valence-electron chi connectivity index (χ0n) is 14.3. The van der Waals surface area contributed by atoms with E-state index in [9.17, 15) is 4.79 Å². The number of aryl methyl sites for hydroxylation is 2. The van der Waals surface area contributed by atoms with Crippen molar-refractivity contribution >= 4 is 23.4 Å². The Hall–Kier alpha value is -2.26. The minimum atomic E-state index is -0.280. The molecular weight excluding hydrogens is 320 g/mol. The number of nitrogens with zero attached hydrogens (tertiary/aromatic N) is 4. The molecule has 126 valence electrons. The van der Waals surface area contributed by atoms with Gasteiger partial charge in [0.1, 0.15) is 0 Å². The van der Waals surface area contributed by atoms with Crippen LogP contribution in [0.25, 0.3) is 0 Å². The van der Waals surface area contributed by atoms with Crippen molar-refractivity contribution in [1.82, 2.24) is 9.55 Å². The normalized spacial score (nSPS) is 11.8. The molecule has 5 nitrogen and oxygen atoms in total. The summed E-state index contributed by atoms with van der Waals surface area (Å²) in [5, 5.41) is 9.45. The summed E-state index contributed by atoms with van der Waals surface area (Å²) >= 11 is 1.45. The van der Waals surface area contributed by atoms with Gasteiger partial charge in [-0.1, -0.05) is 29.5 Å². The molecule has 2 rings (SSSR count). The molecule has 6 heteroatoms. The molecule has 0 spiro atoms. The zero-order chi connectivity index (χ0) is 17.5. The highest BCUT2D eigenvalue weighted by Crippen LogP contribution is 2.25. The summed E-state index contributed by atoms with van der Waals surface area (Å²) in [4.78, 5) is 18.9. The highest BCUT2D eigenvalue weighted by atomic mass is 32.2. The van der Waals surface area contributed by atoms with E-state index in [0.29, 0.717) is 13.0 Å². The van der Waals surface area contributed by atoms with Gasteiger partial charge in [-0.15, -0.1) is 0 Å². The molecule has 1 aromatic heterocycles. The number of rotatable bonds is 7. The van der Waals surface area contributed by atoms with E-state index >= 15 is 0 Å². The van der Waals surface area contributed by atoms with Crippen LogP contribution in [0, 0.1) is 18.3 Å². The molecule has 0 radical (unpaired) electrons. The number of imidazole rings is 1. The molecule has 0 aliphatic carbocycles. The fourth-order valence-corrected chi connectivity index (χ4v) is 3.33. The smallest absolute Gasteiger partial charge is 0.240 e. The first-order valence-corrected chi connectivity index (χ1v) is 8.87. The third-order valence-electron chi connectivity index (χ3n) is 3.71. The number of nitriles is 1. The van der Waals surface area contributed by atoms with Gasteiger partial charge in [0.25, 0.3) is 0 Å². The summed E-state index contributed by atoms with van der Waals surface area (Å²) < 4.78 is 2.01. The van der Waals surface area contributed by atoms with E-state index in [2.05, 4.69) is 11.1 Å². The molecule has 0 aliphatic heterocycles. The van der Waals surface area contributed by atoms with E-state index in [1.165, 1.54) is 11.8 Å². The molecule has 24 heavy (non-hydrogen) atoms. The zero-order valence-corrected chi connectivity index (χ0v) is 15.1. The third kappa shape index (κ3) is 4.39. The molecular formula is C18H22N4OS. The average Bonchev–Trinajstić information content (AvgIpc) is 3.03. The second-order valence-corrected chi connectivity index (χ2v) is 6.80. The Balaban J connectivity index is 2.17. The van der Waals surface area contributed by atoms with E-state index in [1.807, 2.05) is 55.8 Å². The van der Waals surface area contributed by atoms with E-state index in [4.69, 9.17) is 5.26 Å². The maximum atomic E-state index is 12.9. The van der Waals surface area contributed by atoms with Crippen molar-refractivity contribution in [3.05, 3.63) is 42.2 Å². The van der Waals surface area contributed by atoms with Crippen LogP contribution in [-0.4, -0.2) is 27.3 Å². The summed E-state index contributed by atoms with van der Waals surface area (Å²) in [5.74, 6) is -0.00949. The fraction of sp³-hybridized carbons (Fsp3) is 0.389. The Labute approximate surface area is 147 Å². The Morgan fingerprint density at radius 2 is 2.12 bits per heavy atom. The van der Waals surface area contributed by atoms with Crippen molar-refractivity contribution in [2.75, 3.05) is 11.4 Å². The lowest BCUT2D eigenvalue weighted by Gasteiger charge is -2.25. The monoisotopic (exact) mass is 342 g/mol. The summed E-state index contributed by atoms with van der Waals surface area (Å²) in [6.07, 6.45) is 3.96. The van der Waals surface area contributed by atoms with Crippen LogP contribution in [0.4, 0.5) is 5.69 Å².